The van der Waals surface area contributed by atoms with E-state index in [2.05, 4.69) is 0 Å². The average Bonchev–Trinajstić information content (AvgIpc) is 2.27. The smallest absolute Gasteiger partial charge is 0.159 e. The Morgan fingerprint density at radius 3 is 2.80 bits per heavy atom. The number of ether oxygens (including phenoxy) is 1. The van der Waals surface area contributed by atoms with Crippen molar-refractivity contribution < 1.29 is 9.53 Å². The van der Waals surface area contributed by atoms with Gasteiger partial charge in [0.1, 0.15) is 5.75 Å². The van der Waals surface area contributed by atoms with E-state index in [4.69, 9.17) is 4.74 Å². The van der Waals surface area contributed by atoms with E-state index in [1.807, 2.05) is 37.3 Å². The molecule has 15 heavy (non-hydrogen) atoms. The second kappa shape index (κ2) is 6.02. The SMILES string of the molecule is CC/C=C/C(=O)Cc1ccccc1OC. The van der Waals surface area contributed by atoms with E-state index in [-0.39, 0.29) is 5.78 Å². The Morgan fingerprint density at radius 1 is 1.40 bits per heavy atom. The third-order valence-electron chi connectivity index (χ3n) is 2.10. The van der Waals surface area contributed by atoms with Crippen LogP contribution in [-0.4, -0.2) is 12.9 Å². The largest absolute Gasteiger partial charge is 0.496 e. The molecule has 0 amide bonds. The lowest BCUT2D eigenvalue weighted by Crippen LogP contribution is -2.00. The molecule has 0 spiro atoms. The van der Waals surface area contributed by atoms with Crippen LogP contribution in [0, 0.1) is 0 Å². The van der Waals surface area contributed by atoms with Crippen molar-refractivity contribution in [3.8, 4) is 5.75 Å². The van der Waals surface area contributed by atoms with Crippen molar-refractivity contribution in [1.82, 2.24) is 0 Å². The molecule has 0 atom stereocenters. The first-order chi connectivity index (χ1) is 7.27. The third-order valence-corrected chi connectivity index (χ3v) is 2.10. The van der Waals surface area contributed by atoms with Gasteiger partial charge in [-0.1, -0.05) is 31.2 Å². The highest BCUT2D eigenvalue weighted by Crippen LogP contribution is 2.17. The molecule has 1 aromatic carbocycles. The van der Waals surface area contributed by atoms with Crippen LogP contribution in [0.5, 0.6) is 5.75 Å². The maximum Gasteiger partial charge on any atom is 0.159 e. The van der Waals surface area contributed by atoms with E-state index < -0.39 is 0 Å². The summed E-state index contributed by atoms with van der Waals surface area (Å²) >= 11 is 0. The molecule has 80 valence electrons. The first-order valence-corrected chi connectivity index (χ1v) is 5.09. The van der Waals surface area contributed by atoms with Crippen LogP contribution in [0.1, 0.15) is 18.9 Å². The van der Waals surface area contributed by atoms with Crippen LogP contribution in [0.2, 0.25) is 0 Å². The number of hydrogen-bond donors (Lipinski definition) is 0. The van der Waals surface area contributed by atoms with Crippen molar-refractivity contribution in [2.24, 2.45) is 0 Å². The molecule has 0 saturated heterocycles. The van der Waals surface area contributed by atoms with Crippen LogP contribution >= 0.6 is 0 Å². The van der Waals surface area contributed by atoms with Crippen molar-refractivity contribution in [3.05, 3.63) is 42.0 Å². The average molecular weight is 204 g/mol. The van der Waals surface area contributed by atoms with Crippen LogP contribution in [0.25, 0.3) is 0 Å². The summed E-state index contributed by atoms with van der Waals surface area (Å²) in [5.41, 5.74) is 0.936. The van der Waals surface area contributed by atoms with Gasteiger partial charge in [0.25, 0.3) is 0 Å². The van der Waals surface area contributed by atoms with E-state index in [0.717, 1.165) is 17.7 Å². The summed E-state index contributed by atoms with van der Waals surface area (Å²) in [5, 5.41) is 0. The number of carbonyl (C=O) groups excluding carboxylic acids is 1. The summed E-state index contributed by atoms with van der Waals surface area (Å²) in [6, 6.07) is 7.59. The molecule has 0 saturated carbocycles. The summed E-state index contributed by atoms with van der Waals surface area (Å²) in [5.74, 6) is 0.886. The summed E-state index contributed by atoms with van der Waals surface area (Å²) in [7, 11) is 1.62. The molecule has 1 rings (SSSR count). The minimum atomic E-state index is 0.112. The quantitative estimate of drug-likeness (QED) is 0.689. The summed E-state index contributed by atoms with van der Waals surface area (Å²) in [4.78, 5) is 11.5. The lowest BCUT2D eigenvalue weighted by Gasteiger charge is -2.05. The summed E-state index contributed by atoms with van der Waals surface area (Å²) in [6.45, 7) is 2.01. The number of para-hydroxylation sites is 1. The maximum atomic E-state index is 11.5. The zero-order valence-corrected chi connectivity index (χ0v) is 9.19. The highest BCUT2D eigenvalue weighted by molar-refractivity contribution is 5.91. The Labute approximate surface area is 90.6 Å². The number of allylic oxidation sites excluding steroid dienone is 2. The predicted octanol–water partition coefficient (Wildman–Crippen LogP) is 2.77. The van der Waals surface area contributed by atoms with Gasteiger partial charge in [-0.3, -0.25) is 4.79 Å². The third kappa shape index (κ3) is 3.58. The zero-order valence-electron chi connectivity index (χ0n) is 9.19. The van der Waals surface area contributed by atoms with Crippen molar-refractivity contribution in [2.45, 2.75) is 19.8 Å². The van der Waals surface area contributed by atoms with Crippen LogP contribution in [0.3, 0.4) is 0 Å². The molecule has 0 fully saturated rings. The fourth-order valence-corrected chi connectivity index (χ4v) is 1.34. The van der Waals surface area contributed by atoms with Gasteiger partial charge in [0, 0.05) is 12.0 Å². The molecule has 0 radical (unpaired) electrons. The summed E-state index contributed by atoms with van der Waals surface area (Å²) in [6.07, 6.45) is 4.79. The van der Waals surface area contributed by atoms with E-state index in [0.29, 0.717) is 6.42 Å². The molecule has 2 heteroatoms. The molecule has 0 heterocycles. The minimum Gasteiger partial charge on any atom is -0.496 e. The Kier molecular flexibility index (Phi) is 4.61. The molecular weight excluding hydrogens is 188 g/mol. The molecule has 1 aromatic rings. The second-order valence-corrected chi connectivity index (χ2v) is 3.27. The van der Waals surface area contributed by atoms with Gasteiger partial charge in [-0.2, -0.15) is 0 Å². The fourth-order valence-electron chi connectivity index (χ4n) is 1.34. The molecule has 0 unspecified atom stereocenters. The lowest BCUT2D eigenvalue weighted by atomic mass is 10.1. The van der Waals surface area contributed by atoms with Gasteiger partial charge in [0.05, 0.1) is 7.11 Å². The molecule has 0 bridgehead atoms. The van der Waals surface area contributed by atoms with Crippen LogP contribution in [0.4, 0.5) is 0 Å². The van der Waals surface area contributed by atoms with Crippen molar-refractivity contribution in [1.29, 1.82) is 0 Å². The molecule has 0 N–H and O–H groups in total. The topological polar surface area (TPSA) is 26.3 Å². The van der Waals surface area contributed by atoms with Gasteiger partial charge in [-0.25, -0.2) is 0 Å². The number of methoxy groups -OCH3 is 1. The van der Waals surface area contributed by atoms with E-state index in [1.54, 1.807) is 13.2 Å². The lowest BCUT2D eigenvalue weighted by molar-refractivity contribution is -0.114. The number of hydrogen-bond acceptors (Lipinski definition) is 2. The number of benzene rings is 1. The summed E-state index contributed by atoms with van der Waals surface area (Å²) < 4.78 is 5.17. The highest BCUT2D eigenvalue weighted by atomic mass is 16.5. The Morgan fingerprint density at radius 2 is 2.13 bits per heavy atom. The number of ketones is 1. The number of rotatable bonds is 5. The second-order valence-electron chi connectivity index (χ2n) is 3.27. The molecule has 0 aliphatic carbocycles. The Balaban J connectivity index is 2.71. The van der Waals surface area contributed by atoms with Gasteiger partial charge in [-0.15, -0.1) is 0 Å². The van der Waals surface area contributed by atoms with Gasteiger partial charge in [0.15, 0.2) is 5.78 Å². The van der Waals surface area contributed by atoms with E-state index in [1.165, 1.54) is 0 Å². The highest BCUT2D eigenvalue weighted by Gasteiger charge is 2.04. The van der Waals surface area contributed by atoms with Gasteiger partial charge >= 0.3 is 0 Å². The van der Waals surface area contributed by atoms with E-state index >= 15 is 0 Å². The first-order valence-electron chi connectivity index (χ1n) is 5.09. The van der Waals surface area contributed by atoms with Crippen LogP contribution < -0.4 is 4.74 Å². The monoisotopic (exact) mass is 204 g/mol. The Hall–Kier alpha value is -1.57. The Bertz CT molecular complexity index is 353. The van der Waals surface area contributed by atoms with Gasteiger partial charge in [-0.05, 0) is 18.6 Å². The van der Waals surface area contributed by atoms with Crippen molar-refractivity contribution in [2.75, 3.05) is 7.11 Å². The maximum absolute atomic E-state index is 11.5. The minimum absolute atomic E-state index is 0.112. The first kappa shape index (κ1) is 11.5. The zero-order chi connectivity index (χ0) is 11.1. The van der Waals surface area contributed by atoms with Crippen molar-refractivity contribution >= 4 is 5.78 Å². The normalized spacial score (nSPS) is 10.5. The van der Waals surface area contributed by atoms with E-state index in [9.17, 15) is 4.79 Å². The van der Waals surface area contributed by atoms with Crippen LogP contribution in [0.15, 0.2) is 36.4 Å². The molecule has 0 aliphatic rings. The standard InChI is InChI=1S/C13H16O2/c1-3-4-8-12(14)10-11-7-5-6-9-13(11)15-2/h4-9H,3,10H2,1-2H3/b8-4+. The molecular formula is C13H16O2. The molecule has 0 aliphatic heterocycles. The van der Waals surface area contributed by atoms with Gasteiger partial charge in [0.2, 0.25) is 0 Å². The van der Waals surface area contributed by atoms with Gasteiger partial charge < -0.3 is 4.74 Å². The van der Waals surface area contributed by atoms with Crippen molar-refractivity contribution in [3.63, 3.8) is 0 Å². The predicted molar refractivity (Wildman–Crippen MR) is 61.1 cm³/mol. The number of carbonyl (C=O) groups is 1. The molecule has 2 nitrogen and oxygen atoms in total. The fraction of sp³-hybridized carbons (Fsp3) is 0.308. The van der Waals surface area contributed by atoms with Crippen LogP contribution in [-0.2, 0) is 11.2 Å². The molecule has 0 aromatic heterocycles.